The zero-order valence-electron chi connectivity index (χ0n) is 14.5. The second-order valence-electron chi connectivity index (χ2n) is 6.20. The molecule has 0 radical (unpaired) electrons. The predicted molar refractivity (Wildman–Crippen MR) is 102 cm³/mol. The van der Waals surface area contributed by atoms with E-state index in [1.165, 1.54) is 11.1 Å². The normalized spacial score (nSPS) is 12.2. The fourth-order valence-electron chi connectivity index (χ4n) is 3.11. The Balaban J connectivity index is 1.51. The zero-order valence-corrected chi connectivity index (χ0v) is 14.5. The third-order valence-corrected chi connectivity index (χ3v) is 4.42. The molecule has 0 saturated heterocycles. The van der Waals surface area contributed by atoms with Crippen molar-refractivity contribution in [1.29, 1.82) is 0 Å². The molecule has 1 atom stereocenters. The van der Waals surface area contributed by atoms with Gasteiger partial charge in [0, 0.05) is 18.9 Å². The Hall–Kier alpha value is -3.11. The van der Waals surface area contributed by atoms with Crippen LogP contribution in [0.3, 0.4) is 0 Å². The highest BCUT2D eigenvalue weighted by Gasteiger charge is 2.17. The molecule has 2 aromatic heterocycles. The van der Waals surface area contributed by atoms with Crippen LogP contribution in [0.25, 0.3) is 0 Å². The number of imidazole rings is 1. The Morgan fingerprint density at radius 2 is 1.69 bits per heavy atom. The summed E-state index contributed by atoms with van der Waals surface area (Å²) in [5.74, 6) is 1.90. The molecule has 0 aliphatic carbocycles. The maximum atomic E-state index is 5.66. The van der Waals surface area contributed by atoms with E-state index in [1.807, 2.05) is 48.8 Å². The molecule has 4 heteroatoms. The highest BCUT2D eigenvalue weighted by molar-refractivity contribution is 5.26. The Kier molecular flexibility index (Phi) is 4.94. The largest absolute Gasteiger partial charge is 0.467 e. The Morgan fingerprint density at radius 1 is 0.923 bits per heavy atom. The van der Waals surface area contributed by atoms with Gasteiger partial charge < -0.3 is 8.98 Å². The third kappa shape index (κ3) is 3.76. The lowest BCUT2D eigenvalue weighted by Gasteiger charge is -2.17. The van der Waals surface area contributed by atoms with Crippen LogP contribution >= 0.6 is 0 Å². The van der Waals surface area contributed by atoms with Gasteiger partial charge in [-0.25, -0.2) is 4.98 Å². The van der Waals surface area contributed by atoms with E-state index in [1.54, 1.807) is 6.26 Å². The number of benzene rings is 2. The van der Waals surface area contributed by atoms with Crippen molar-refractivity contribution in [3.05, 3.63) is 114 Å². The molecule has 26 heavy (non-hydrogen) atoms. The lowest BCUT2D eigenvalue weighted by Crippen LogP contribution is -2.23. The number of furan rings is 1. The predicted octanol–water partition coefficient (Wildman–Crippen LogP) is 4.40. The van der Waals surface area contributed by atoms with E-state index in [9.17, 15) is 0 Å². The van der Waals surface area contributed by atoms with E-state index >= 15 is 0 Å². The van der Waals surface area contributed by atoms with Gasteiger partial charge in [0.15, 0.2) is 0 Å². The second kappa shape index (κ2) is 7.85. The van der Waals surface area contributed by atoms with Gasteiger partial charge in [-0.2, -0.15) is 0 Å². The van der Waals surface area contributed by atoms with Gasteiger partial charge in [0.1, 0.15) is 11.6 Å². The van der Waals surface area contributed by atoms with E-state index in [-0.39, 0.29) is 6.04 Å². The van der Waals surface area contributed by atoms with E-state index in [2.05, 4.69) is 51.3 Å². The van der Waals surface area contributed by atoms with E-state index in [0.717, 1.165) is 18.1 Å². The fourth-order valence-corrected chi connectivity index (χ4v) is 3.11. The summed E-state index contributed by atoms with van der Waals surface area (Å²) >= 11 is 0. The van der Waals surface area contributed by atoms with Gasteiger partial charge in [0.2, 0.25) is 0 Å². The highest BCUT2D eigenvalue weighted by Crippen LogP contribution is 2.22. The van der Waals surface area contributed by atoms with Gasteiger partial charge in [0.25, 0.3) is 0 Å². The summed E-state index contributed by atoms with van der Waals surface area (Å²) in [5.41, 5.74) is 2.43. The molecule has 1 N–H and O–H groups in total. The van der Waals surface area contributed by atoms with Crippen LogP contribution in [0.15, 0.2) is 95.9 Å². The number of hydrogen-bond donors (Lipinski definition) is 1. The van der Waals surface area contributed by atoms with Crippen LogP contribution in [0.1, 0.15) is 28.8 Å². The first-order valence-electron chi connectivity index (χ1n) is 8.76. The summed E-state index contributed by atoms with van der Waals surface area (Å²) in [6.45, 7) is 1.47. The van der Waals surface area contributed by atoms with Gasteiger partial charge in [-0.3, -0.25) is 5.32 Å². The average molecular weight is 343 g/mol. The molecule has 0 bridgehead atoms. The van der Waals surface area contributed by atoms with Crippen molar-refractivity contribution in [2.75, 3.05) is 0 Å². The van der Waals surface area contributed by atoms with Gasteiger partial charge in [0.05, 0.1) is 18.8 Å². The molecule has 0 aliphatic rings. The first-order valence-corrected chi connectivity index (χ1v) is 8.76. The van der Waals surface area contributed by atoms with Crippen LogP contribution in [0, 0.1) is 0 Å². The Bertz CT molecular complexity index is 914. The van der Waals surface area contributed by atoms with Crippen LogP contribution in [-0.2, 0) is 13.1 Å². The topological polar surface area (TPSA) is 43.0 Å². The monoisotopic (exact) mass is 343 g/mol. The molecule has 0 unspecified atom stereocenters. The zero-order chi connectivity index (χ0) is 17.6. The van der Waals surface area contributed by atoms with Crippen LogP contribution in [0.5, 0.6) is 0 Å². The molecule has 2 aromatic carbocycles. The minimum Gasteiger partial charge on any atom is -0.467 e. The van der Waals surface area contributed by atoms with Crippen molar-refractivity contribution in [3.63, 3.8) is 0 Å². The van der Waals surface area contributed by atoms with Crippen molar-refractivity contribution in [3.8, 4) is 0 Å². The van der Waals surface area contributed by atoms with Crippen molar-refractivity contribution in [2.24, 2.45) is 0 Å². The summed E-state index contributed by atoms with van der Waals surface area (Å²) < 4.78 is 7.83. The summed E-state index contributed by atoms with van der Waals surface area (Å²) in [6, 6.07) is 24.7. The van der Waals surface area contributed by atoms with Gasteiger partial charge >= 0.3 is 0 Å². The number of rotatable bonds is 7. The van der Waals surface area contributed by atoms with E-state index in [4.69, 9.17) is 4.42 Å². The minimum atomic E-state index is -0.00641. The summed E-state index contributed by atoms with van der Waals surface area (Å²) in [5, 5.41) is 3.59. The van der Waals surface area contributed by atoms with E-state index < -0.39 is 0 Å². The quantitative estimate of drug-likeness (QED) is 0.541. The number of nitrogens with one attached hydrogen (secondary N) is 1. The van der Waals surface area contributed by atoms with Crippen LogP contribution in [-0.4, -0.2) is 9.55 Å². The van der Waals surface area contributed by atoms with Crippen molar-refractivity contribution in [2.45, 2.75) is 19.1 Å². The summed E-state index contributed by atoms with van der Waals surface area (Å²) in [4.78, 5) is 4.53. The average Bonchev–Trinajstić information content (AvgIpc) is 3.37. The maximum absolute atomic E-state index is 5.66. The van der Waals surface area contributed by atoms with Crippen molar-refractivity contribution < 1.29 is 4.42 Å². The number of aromatic nitrogens is 2. The van der Waals surface area contributed by atoms with Gasteiger partial charge in [-0.1, -0.05) is 60.7 Å². The van der Waals surface area contributed by atoms with Gasteiger partial charge in [-0.15, -0.1) is 0 Å². The Morgan fingerprint density at radius 3 is 2.42 bits per heavy atom. The van der Waals surface area contributed by atoms with Crippen molar-refractivity contribution >= 4 is 0 Å². The minimum absolute atomic E-state index is 0.00641. The summed E-state index contributed by atoms with van der Waals surface area (Å²) in [6.07, 6.45) is 5.59. The molecule has 4 rings (SSSR count). The smallest absolute Gasteiger partial charge is 0.125 e. The molecule has 2 heterocycles. The second-order valence-corrected chi connectivity index (χ2v) is 6.20. The Labute approximate surface area is 153 Å². The molecule has 130 valence electrons. The first-order chi connectivity index (χ1) is 12.9. The molecule has 0 spiro atoms. The van der Waals surface area contributed by atoms with Gasteiger partial charge in [-0.05, 0) is 23.3 Å². The SMILES string of the molecule is c1ccc(Cn2ccnc2CN[C@H](c2ccccc2)c2ccco2)cc1. The molecule has 0 saturated carbocycles. The number of nitrogens with zero attached hydrogens (tertiary/aromatic N) is 2. The standard InChI is InChI=1S/C22H21N3O/c1-3-8-18(9-4-1)17-25-14-13-23-21(25)16-24-22(20-12-7-15-26-20)19-10-5-2-6-11-19/h1-15,22,24H,16-17H2/t22-/m1/s1. The molecular formula is C22H21N3O. The van der Waals surface area contributed by atoms with E-state index in [0.29, 0.717) is 6.54 Å². The first kappa shape index (κ1) is 16.4. The lowest BCUT2D eigenvalue weighted by atomic mass is 10.0. The molecular weight excluding hydrogens is 322 g/mol. The lowest BCUT2D eigenvalue weighted by molar-refractivity contribution is 0.440. The van der Waals surface area contributed by atoms with Crippen LogP contribution in [0.4, 0.5) is 0 Å². The third-order valence-electron chi connectivity index (χ3n) is 4.42. The maximum Gasteiger partial charge on any atom is 0.125 e. The van der Waals surface area contributed by atoms with Crippen LogP contribution < -0.4 is 5.32 Å². The number of hydrogen-bond acceptors (Lipinski definition) is 3. The highest BCUT2D eigenvalue weighted by atomic mass is 16.3. The molecule has 0 fully saturated rings. The summed E-state index contributed by atoms with van der Waals surface area (Å²) in [7, 11) is 0. The molecule has 4 nitrogen and oxygen atoms in total. The molecule has 0 amide bonds. The fraction of sp³-hybridized carbons (Fsp3) is 0.136. The van der Waals surface area contributed by atoms with Crippen molar-refractivity contribution in [1.82, 2.24) is 14.9 Å². The van der Waals surface area contributed by atoms with Crippen LogP contribution in [0.2, 0.25) is 0 Å². The molecule has 0 aliphatic heterocycles. The molecule has 4 aromatic rings.